The third kappa shape index (κ3) is 4.16. The predicted molar refractivity (Wildman–Crippen MR) is 115 cm³/mol. The maximum Gasteiger partial charge on any atom is 0.296 e. The highest BCUT2D eigenvalue weighted by molar-refractivity contribution is 5.46. The minimum atomic E-state index is -0.412. The largest absolute Gasteiger partial charge is 0.360 e. The van der Waals surface area contributed by atoms with Crippen molar-refractivity contribution >= 4 is 17.1 Å². The maximum absolute atomic E-state index is 13.2. The number of nitrogens with zero attached hydrogens (tertiary/aromatic N) is 3. The minimum absolute atomic E-state index is 0.237. The summed E-state index contributed by atoms with van der Waals surface area (Å²) < 4.78 is 1.55. The van der Waals surface area contributed by atoms with Crippen molar-refractivity contribution in [2.45, 2.75) is 13.1 Å². The van der Waals surface area contributed by atoms with Gasteiger partial charge in [0.1, 0.15) is 6.17 Å². The second-order valence-corrected chi connectivity index (χ2v) is 6.62. The van der Waals surface area contributed by atoms with Gasteiger partial charge in [-0.25, -0.2) is 4.68 Å². The average Bonchev–Trinajstić information content (AvgIpc) is 3.06. The Kier molecular flexibility index (Phi) is 5.33. The fraction of sp³-hybridized carbons (Fsp3) is 0.0870. The number of aromatic nitrogens is 2. The van der Waals surface area contributed by atoms with Crippen LogP contribution in [0.3, 0.4) is 0 Å². The van der Waals surface area contributed by atoms with Crippen molar-refractivity contribution in [1.82, 2.24) is 9.78 Å². The molecule has 6 nitrogen and oxygen atoms in total. The van der Waals surface area contributed by atoms with Crippen LogP contribution >= 0.6 is 0 Å². The van der Waals surface area contributed by atoms with E-state index >= 15 is 0 Å². The van der Waals surface area contributed by atoms with E-state index in [0.717, 1.165) is 11.3 Å². The molecule has 6 heteroatoms. The van der Waals surface area contributed by atoms with E-state index in [-0.39, 0.29) is 5.56 Å². The molecule has 1 aromatic heterocycles. The first-order valence-corrected chi connectivity index (χ1v) is 9.37. The van der Waals surface area contributed by atoms with Crippen molar-refractivity contribution in [3.63, 3.8) is 0 Å². The van der Waals surface area contributed by atoms with Gasteiger partial charge in [0.2, 0.25) is 0 Å². The Morgan fingerprint density at radius 3 is 2.07 bits per heavy atom. The monoisotopic (exact) mass is 383 g/mol. The molecule has 1 unspecified atom stereocenters. The molecule has 1 atom stereocenters. The summed E-state index contributed by atoms with van der Waals surface area (Å²) in [5.74, 6) is 0. The molecule has 0 aliphatic carbocycles. The normalized spacial score (nSPS) is 12.2. The van der Waals surface area contributed by atoms with Gasteiger partial charge in [0.15, 0.2) is 5.69 Å². The molecule has 0 saturated carbocycles. The van der Waals surface area contributed by atoms with Crippen LogP contribution in [0.5, 0.6) is 0 Å². The molecule has 4 rings (SSSR count). The molecule has 1 heterocycles. The number of benzene rings is 3. The van der Waals surface area contributed by atoms with Crippen molar-refractivity contribution in [1.29, 1.82) is 0 Å². The molecule has 0 fully saturated rings. The summed E-state index contributed by atoms with van der Waals surface area (Å²) in [7, 11) is 0. The molecule has 0 aliphatic rings. The Morgan fingerprint density at radius 2 is 1.41 bits per heavy atom. The Morgan fingerprint density at radius 1 is 0.828 bits per heavy atom. The van der Waals surface area contributed by atoms with Crippen LogP contribution in [-0.2, 0) is 0 Å². The van der Waals surface area contributed by atoms with Crippen LogP contribution in [0.1, 0.15) is 17.4 Å². The summed E-state index contributed by atoms with van der Waals surface area (Å²) in [6.07, 6.45) is -0.412. The van der Waals surface area contributed by atoms with Gasteiger partial charge in [0.25, 0.3) is 5.56 Å². The number of anilines is 1. The highest BCUT2D eigenvalue weighted by atomic mass is 16.1. The van der Waals surface area contributed by atoms with Crippen molar-refractivity contribution < 1.29 is 0 Å². The molecular weight excluding hydrogens is 362 g/mol. The van der Waals surface area contributed by atoms with Crippen molar-refractivity contribution in [2.24, 2.45) is 10.2 Å². The van der Waals surface area contributed by atoms with E-state index in [1.54, 1.807) is 4.68 Å². The number of H-pyrrole nitrogens is 1. The van der Waals surface area contributed by atoms with E-state index in [9.17, 15) is 4.79 Å². The molecule has 29 heavy (non-hydrogen) atoms. The van der Waals surface area contributed by atoms with Gasteiger partial charge in [0, 0.05) is 5.69 Å². The molecule has 0 spiro atoms. The molecule has 0 radical (unpaired) electrons. The van der Waals surface area contributed by atoms with E-state index < -0.39 is 6.17 Å². The van der Waals surface area contributed by atoms with Crippen LogP contribution in [0.4, 0.5) is 17.1 Å². The summed E-state index contributed by atoms with van der Waals surface area (Å²) >= 11 is 0. The van der Waals surface area contributed by atoms with E-state index in [1.165, 1.54) is 0 Å². The molecule has 0 bridgehead atoms. The lowest BCUT2D eigenvalue weighted by molar-refractivity contribution is 0.556. The molecule has 0 saturated heterocycles. The summed E-state index contributed by atoms with van der Waals surface area (Å²) in [6.45, 7) is 1.82. The number of hydrogen-bond donors (Lipinski definition) is 2. The van der Waals surface area contributed by atoms with Gasteiger partial charge in [0.05, 0.1) is 11.4 Å². The highest BCUT2D eigenvalue weighted by Gasteiger charge is 2.20. The van der Waals surface area contributed by atoms with Crippen LogP contribution in [0.15, 0.2) is 106 Å². The Bertz CT molecular complexity index is 1150. The molecule has 0 amide bonds. The number of hydrogen-bond acceptors (Lipinski definition) is 4. The number of nitrogens with one attached hydrogen (secondary N) is 2. The zero-order valence-electron chi connectivity index (χ0n) is 16.0. The van der Waals surface area contributed by atoms with Gasteiger partial charge in [-0.1, -0.05) is 66.7 Å². The summed E-state index contributed by atoms with van der Waals surface area (Å²) in [4.78, 5) is 13.2. The average molecular weight is 383 g/mol. The van der Waals surface area contributed by atoms with Gasteiger partial charge >= 0.3 is 0 Å². The van der Waals surface area contributed by atoms with E-state index in [1.807, 2.05) is 97.9 Å². The highest BCUT2D eigenvalue weighted by Crippen LogP contribution is 2.23. The molecular formula is C23H21N5O. The number of para-hydroxylation sites is 1. The van der Waals surface area contributed by atoms with Gasteiger partial charge in [-0.2, -0.15) is 5.11 Å². The number of azo groups is 1. The molecule has 144 valence electrons. The van der Waals surface area contributed by atoms with Crippen molar-refractivity contribution in [3.8, 4) is 0 Å². The van der Waals surface area contributed by atoms with Gasteiger partial charge in [-0.15, -0.1) is 5.11 Å². The zero-order chi connectivity index (χ0) is 20.1. The summed E-state index contributed by atoms with van der Waals surface area (Å²) in [6, 6.07) is 29.0. The quantitative estimate of drug-likeness (QED) is 0.428. The smallest absolute Gasteiger partial charge is 0.296 e. The third-order valence-electron chi connectivity index (χ3n) is 4.54. The molecule has 3 aromatic carbocycles. The first kappa shape index (κ1) is 18.4. The van der Waals surface area contributed by atoms with Crippen LogP contribution in [0, 0.1) is 6.92 Å². The van der Waals surface area contributed by atoms with Gasteiger partial charge in [-0.05, 0) is 36.8 Å². The molecule has 2 N–H and O–H groups in total. The lowest BCUT2D eigenvalue weighted by Crippen LogP contribution is -2.29. The lowest BCUT2D eigenvalue weighted by Gasteiger charge is -2.21. The second-order valence-electron chi connectivity index (χ2n) is 6.62. The third-order valence-corrected chi connectivity index (χ3v) is 4.54. The maximum atomic E-state index is 13.2. The zero-order valence-corrected chi connectivity index (χ0v) is 16.0. The van der Waals surface area contributed by atoms with Crippen molar-refractivity contribution in [2.75, 3.05) is 5.32 Å². The Balaban J connectivity index is 1.73. The SMILES string of the molecule is Cc1[nH]n(C(Nc2ccccc2)c2ccccc2)c(=O)c1N=Nc1ccccc1. The van der Waals surface area contributed by atoms with Crippen molar-refractivity contribution in [3.05, 3.63) is 113 Å². The van der Waals surface area contributed by atoms with Gasteiger partial charge < -0.3 is 5.32 Å². The Hall–Kier alpha value is -3.93. The number of aromatic amines is 1. The summed E-state index contributed by atoms with van der Waals surface area (Å²) in [5, 5.41) is 15.0. The summed E-state index contributed by atoms with van der Waals surface area (Å²) in [5.41, 5.74) is 3.27. The number of aryl methyl sites for hydroxylation is 1. The minimum Gasteiger partial charge on any atom is -0.360 e. The standard InChI is InChI=1S/C23H21N5O/c1-17-21(26-25-20-15-9-4-10-16-20)23(29)28(27-17)22(18-11-5-2-6-12-18)24-19-13-7-3-8-14-19/h2-16,22,24,27H,1H3. The van der Waals surface area contributed by atoms with Crippen LogP contribution in [-0.4, -0.2) is 9.78 Å². The van der Waals surface area contributed by atoms with E-state index in [2.05, 4.69) is 20.6 Å². The predicted octanol–water partition coefficient (Wildman–Crippen LogP) is 5.56. The van der Waals surface area contributed by atoms with E-state index in [0.29, 0.717) is 17.1 Å². The fourth-order valence-corrected chi connectivity index (χ4v) is 3.09. The first-order chi connectivity index (χ1) is 14.2. The Labute approximate surface area is 168 Å². The molecule has 0 aliphatic heterocycles. The fourth-order valence-electron chi connectivity index (χ4n) is 3.09. The lowest BCUT2D eigenvalue weighted by atomic mass is 10.1. The van der Waals surface area contributed by atoms with E-state index in [4.69, 9.17) is 0 Å². The van der Waals surface area contributed by atoms with Crippen LogP contribution < -0.4 is 10.9 Å². The van der Waals surface area contributed by atoms with Crippen LogP contribution in [0.25, 0.3) is 0 Å². The number of rotatable bonds is 6. The molecule has 4 aromatic rings. The first-order valence-electron chi connectivity index (χ1n) is 9.37. The topological polar surface area (TPSA) is 74.5 Å². The van der Waals surface area contributed by atoms with Gasteiger partial charge in [-0.3, -0.25) is 9.89 Å². The van der Waals surface area contributed by atoms with Crippen LogP contribution in [0.2, 0.25) is 0 Å². The second kappa shape index (κ2) is 8.39.